The number of nitrogens with zero attached hydrogens (tertiary/aromatic N) is 1. The number of hydrogen-bond acceptors (Lipinski definition) is 4. The van der Waals surface area contributed by atoms with E-state index in [-0.39, 0.29) is 16.8 Å². The fraction of sp³-hybridized carbons (Fsp3) is 0.458. The number of aryl methyl sites for hydroxylation is 1. The summed E-state index contributed by atoms with van der Waals surface area (Å²) in [4.78, 5) is 13.3. The Bertz CT molecular complexity index is 1010. The lowest BCUT2D eigenvalue weighted by Crippen LogP contribution is -2.31. The van der Waals surface area contributed by atoms with Gasteiger partial charge in [-0.25, -0.2) is 8.42 Å². The zero-order valence-electron chi connectivity index (χ0n) is 18.7. The Kier molecular flexibility index (Phi) is 7.38. The maximum Gasteiger partial charge on any atom is 0.251 e. The number of ether oxygens (including phenoxy) is 1. The van der Waals surface area contributed by atoms with Gasteiger partial charge in [-0.1, -0.05) is 32.0 Å². The number of hydrogen-bond donors (Lipinski definition) is 1. The van der Waals surface area contributed by atoms with Crippen molar-refractivity contribution in [2.75, 3.05) is 20.2 Å². The quantitative estimate of drug-likeness (QED) is 0.658. The van der Waals surface area contributed by atoms with E-state index in [1.807, 2.05) is 24.3 Å². The Labute approximate surface area is 185 Å². The van der Waals surface area contributed by atoms with Gasteiger partial charge in [-0.05, 0) is 67.5 Å². The second-order valence-corrected chi connectivity index (χ2v) is 10.4. The lowest BCUT2D eigenvalue weighted by molar-refractivity contribution is 0.0931. The van der Waals surface area contributed by atoms with Crippen molar-refractivity contribution in [2.24, 2.45) is 5.92 Å². The van der Waals surface area contributed by atoms with Crippen LogP contribution in [0.5, 0.6) is 5.75 Å². The molecule has 0 spiro atoms. The van der Waals surface area contributed by atoms with Crippen molar-refractivity contribution in [3.05, 3.63) is 59.2 Å². The van der Waals surface area contributed by atoms with Crippen molar-refractivity contribution < 1.29 is 17.9 Å². The van der Waals surface area contributed by atoms with Crippen LogP contribution in [0.1, 0.15) is 60.6 Å². The second kappa shape index (κ2) is 9.83. The van der Waals surface area contributed by atoms with Crippen LogP contribution in [0.25, 0.3) is 0 Å². The molecule has 31 heavy (non-hydrogen) atoms. The Balaban J connectivity index is 1.86. The van der Waals surface area contributed by atoms with E-state index in [0.29, 0.717) is 30.1 Å². The SMILES string of the molecule is COc1ccc([C@@H](CC(C)C)NC(=O)c2ccc(C)c(S(=O)(=O)N3CCCC3)c2)cc1. The molecule has 6 nitrogen and oxygen atoms in total. The van der Waals surface area contributed by atoms with Crippen LogP contribution < -0.4 is 10.1 Å². The van der Waals surface area contributed by atoms with Crippen molar-refractivity contribution in [1.82, 2.24) is 9.62 Å². The zero-order chi connectivity index (χ0) is 22.6. The third-order valence-electron chi connectivity index (χ3n) is 5.66. The van der Waals surface area contributed by atoms with Gasteiger partial charge in [0, 0.05) is 18.7 Å². The lowest BCUT2D eigenvalue weighted by atomic mass is 9.96. The summed E-state index contributed by atoms with van der Waals surface area (Å²) >= 11 is 0. The molecule has 1 amide bonds. The lowest BCUT2D eigenvalue weighted by Gasteiger charge is -2.22. The molecule has 0 saturated carbocycles. The third-order valence-corrected chi connectivity index (χ3v) is 7.70. The van der Waals surface area contributed by atoms with Crippen LogP contribution >= 0.6 is 0 Å². The maximum absolute atomic E-state index is 13.1. The molecule has 0 aliphatic carbocycles. The van der Waals surface area contributed by atoms with Gasteiger partial charge >= 0.3 is 0 Å². The molecule has 3 rings (SSSR count). The molecule has 1 atom stereocenters. The molecule has 2 aromatic carbocycles. The van der Waals surface area contributed by atoms with E-state index in [4.69, 9.17) is 4.74 Å². The van der Waals surface area contributed by atoms with Gasteiger partial charge in [0.1, 0.15) is 5.75 Å². The minimum absolute atomic E-state index is 0.182. The van der Waals surface area contributed by atoms with E-state index >= 15 is 0 Å². The van der Waals surface area contributed by atoms with Gasteiger partial charge in [0.05, 0.1) is 18.0 Å². The highest BCUT2D eigenvalue weighted by Gasteiger charge is 2.29. The molecule has 1 heterocycles. The molecule has 1 N–H and O–H groups in total. The van der Waals surface area contributed by atoms with Gasteiger partial charge in [0.15, 0.2) is 0 Å². The summed E-state index contributed by atoms with van der Waals surface area (Å²) in [6, 6.07) is 12.4. The average molecular weight is 445 g/mol. The highest BCUT2D eigenvalue weighted by atomic mass is 32.2. The van der Waals surface area contributed by atoms with Crippen molar-refractivity contribution in [3.63, 3.8) is 0 Å². The van der Waals surface area contributed by atoms with Crippen LogP contribution in [0.3, 0.4) is 0 Å². The van der Waals surface area contributed by atoms with Crippen LogP contribution in [0, 0.1) is 12.8 Å². The molecule has 7 heteroatoms. The molecular formula is C24H32N2O4S. The standard InChI is InChI=1S/C24H32N2O4S/c1-17(2)15-22(19-9-11-21(30-4)12-10-19)25-24(27)20-8-7-18(3)23(16-20)31(28,29)26-13-5-6-14-26/h7-12,16-17,22H,5-6,13-15H2,1-4H3,(H,25,27)/t22-/m1/s1. The molecular weight excluding hydrogens is 412 g/mol. The van der Waals surface area contributed by atoms with E-state index < -0.39 is 10.0 Å². The van der Waals surface area contributed by atoms with Crippen molar-refractivity contribution in [3.8, 4) is 5.75 Å². The minimum atomic E-state index is -3.59. The Hall–Kier alpha value is -2.38. The van der Waals surface area contributed by atoms with E-state index in [1.54, 1.807) is 26.2 Å². The number of amides is 1. The van der Waals surface area contributed by atoms with Crippen LogP contribution in [-0.2, 0) is 10.0 Å². The van der Waals surface area contributed by atoms with Gasteiger partial charge in [-0.15, -0.1) is 0 Å². The Morgan fingerprint density at radius 3 is 2.32 bits per heavy atom. The van der Waals surface area contributed by atoms with Crippen LogP contribution in [0.15, 0.2) is 47.4 Å². The molecule has 0 aromatic heterocycles. The minimum Gasteiger partial charge on any atom is -0.497 e. The highest BCUT2D eigenvalue weighted by molar-refractivity contribution is 7.89. The summed E-state index contributed by atoms with van der Waals surface area (Å²) < 4.78 is 32.9. The number of benzene rings is 2. The number of nitrogens with one attached hydrogen (secondary N) is 1. The van der Waals surface area contributed by atoms with Crippen LogP contribution in [-0.4, -0.2) is 38.8 Å². The van der Waals surface area contributed by atoms with Crippen molar-refractivity contribution in [2.45, 2.75) is 51.0 Å². The van der Waals surface area contributed by atoms with Gasteiger partial charge in [0.2, 0.25) is 10.0 Å². The average Bonchev–Trinajstić information content (AvgIpc) is 3.29. The van der Waals surface area contributed by atoms with Gasteiger partial charge < -0.3 is 10.1 Å². The highest BCUT2D eigenvalue weighted by Crippen LogP contribution is 2.27. The number of carbonyl (C=O) groups excluding carboxylic acids is 1. The fourth-order valence-electron chi connectivity index (χ4n) is 3.91. The fourth-order valence-corrected chi connectivity index (χ4v) is 5.68. The predicted octanol–water partition coefficient (Wildman–Crippen LogP) is 4.31. The summed E-state index contributed by atoms with van der Waals surface area (Å²) in [5.74, 6) is 0.851. The van der Waals surface area contributed by atoms with E-state index in [9.17, 15) is 13.2 Å². The first kappa shape index (κ1) is 23.3. The second-order valence-electron chi connectivity index (χ2n) is 8.52. The van der Waals surface area contributed by atoms with E-state index in [1.165, 1.54) is 10.4 Å². The first-order valence-corrected chi connectivity index (χ1v) is 12.2. The third kappa shape index (κ3) is 5.46. The molecule has 0 unspecified atom stereocenters. The molecule has 1 aliphatic heterocycles. The molecule has 1 fully saturated rings. The predicted molar refractivity (Wildman–Crippen MR) is 122 cm³/mol. The molecule has 2 aromatic rings. The molecule has 1 saturated heterocycles. The zero-order valence-corrected chi connectivity index (χ0v) is 19.5. The number of rotatable bonds is 8. The van der Waals surface area contributed by atoms with Crippen molar-refractivity contribution in [1.29, 1.82) is 0 Å². The molecule has 168 valence electrons. The maximum atomic E-state index is 13.1. The normalized spacial score (nSPS) is 15.8. The first-order valence-electron chi connectivity index (χ1n) is 10.8. The summed E-state index contributed by atoms with van der Waals surface area (Å²) in [5, 5.41) is 3.10. The molecule has 0 radical (unpaired) electrons. The largest absolute Gasteiger partial charge is 0.497 e. The number of sulfonamides is 1. The summed E-state index contributed by atoms with van der Waals surface area (Å²) in [6.45, 7) is 7.05. The summed E-state index contributed by atoms with van der Waals surface area (Å²) in [6.07, 6.45) is 2.51. The van der Waals surface area contributed by atoms with E-state index in [2.05, 4.69) is 19.2 Å². The topological polar surface area (TPSA) is 75.7 Å². The van der Waals surface area contributed by atoms with Gasteiger partial charge in [-0.3, -0.25) is 4.79 Å². The Morgan fingerprint density at radius 2 is 1.74 bits per heavy atom. The van der Waals surface area contributed by atoms with Crippen LogP contribution in [0.4, 0.5) is 0 Å². The first-order chi connectivity index (χ1) is 14.7. The molecule has 0 bridgehead atoms. The van der Waals surface area contributed by atoms with Gasteiger partial charge in [0.25, 0.3) is 5.91 Å². The smallest absolute Gasteiger partial charge is 0.251 e. The number of carbonyl (C=O) groups is 1. The van der Waals surface area contributed by atoms with E-state index in [0.717, 1.165) is 30.6 Å². The van der Waals surface area contributed by atoms with Crippen LogP contribution in [0.2, 0.25) is 0 Å². The van der Waals surface area contributed by atoms with Gasteiger partial charge in [-0.2, -0.15) is 4.31 Å². The summed E-state index contributed by atoms with van der Waals surface area (Å²) in [5.41, 5.74) is 1.99. The monoisotopic (exact) mass is 444 g/mol. The number of methoxy groups -OCH3 is 1. The van der Waals surface area contributed by atoms with Crippen molar-refractivity contribution >= 4 is 15.9 Å². The summed E-state index contributed by atoms with van der Waals surface area (Å²) in [7, 11) is -1.97. The molecule has 1 aliphatic rings. The Morgan fingerprint density at radius 1 is 1.10 bits per heavy atom.